The molecule has 0 saturated heterocycles. The molecule has 0 aliphatic heterocycles. The van der Waals surface area contributed by atoms with Gasteiger partial charge in [-0.25, -0.2) is 4.79 Å². The molecule has 0 saturated carbocycles. The van der Waals surface area contributed by atoms with Gasteiger partial charge < -0.3 is 24.5 Å². The maximum Gasteiger partial charge on any atom is 0.326 e. The lowest BCUT2D eigenvalue weighted by Gasteiger charge is -2.21. The SMILES string of the molecule is O=C(c1ccccc1)c1ccccc1N[C@@H](Cc1ccc(OCCN(C(=O)/C=C/c2ccoc2)c2ccccc2)cc1)C(=O)O. The lowest BCUT2D eigenvalue weighted by Crippen LogP contribution is -2.33. The zero-order valence-corrected chi connectivity index (χ0v) is 24.4. The van der Waals surface area contributed by atoms with Gasteiger partial charge in [0.1, 0.15) is 18.4 Å². The van der Waals surface area contributed by atoms with Crippen LogP contribution in [0, 0.1) is 0 Å². The van der Waals surface area contributed by atoms with E-state index in [1.807, 2.05) is 48.5 Å². The largest absolute Gasteiger partial charge is 0.492 e. The highest BCUT2D eigenvalue weighted by molar-refractivity contribution is 6.12. The molecular formula is C37H32N2O6. The maximum absolute atomic E-state index is 13.1. The summed E-state index contributed by atoms with van der Waals surface area (Å²) in [5, 5.41) is 13.0. The van der Waals surface area contributed by atoms with Gasteiger partial charge in [0, 0.05) is 40.6 Å². The van der Waals surface area contributed by atoms with Crippen molar-refractivity contribution in [3.8, 4) is 5.75 Å². The molecule has 0 aliphatic carbocycles. The lowest BCUT2D eigenvalue weighted by atomic mass is 10.00. The molecule has 8 nitrogen and oxygen atoms in total. The first-order valence-corrected chi connectivity index (χ1v) is 14.4. The summed E-state index contributed by atoms with van der Waals surface area (Å²) in [4.78, 5) is 40.0. The number of para-hydroxylation sites is 2. The van der Waals surface area contributed by atoms with Crippen LogP contribution in [0.2, 0.25) is 0 Å². The Labute approximate surface area is 261 Å². The summed E-state index contributed by atoms with van der Waals surface area (Å²) in [5.74, 6) is -0.831. The van der Waals surface area contributed by atoms with Crippen molar-refractivity contribution in [3.05, 3.63) is 156 Å². The highest BCUT2D eigenvalue weighted by Gasteiger charge is 2.21. The Morgan fingerprint density at radius 3 is 2.22 bits per heavy atom. The predicted octanol–water partition coefficient (Wildman–Crippen LogP) is 6.74. The number of carboxylic acid groups (broad SMARTS) is 1. The zero-order chi connectivity index (χ0) is 31.4. The smallest absolute Gasteiger partial charge is 0.326 e. The molecule has 4 aromatic carbocycles. The summed E-state index contributed by atoms with van der Waals surface area (Å²) in [7, 11) is 0. The fraction of sp³-hybridized carbons (Fsp3) is 0.108. The Kier molecular flexibility index (Phi) is 10.2. The third-order valence-electron chi connectivity index (χ3n) is 7.08. The Bertz CT molecular complexity index is 1730. The van der Waals surface area contributed by atoms with Gasteiger partial charge in [0.15, 0.2) is 5.78 Å². The molecule has 0 unspecified atom stereocenters. The van der Waals surface area contributed by atoms with Crippen molar-refractivity contribution in [2.45, 2.75) is 12.5 Å². The Morgan fingerprint density at radius 2 is 1.53 bits per heavy atom. The molecule has 0 radical (unpaired) electrons. The zero-order valence-electron chi connectivity index (χ0n) is 24.4. The van der Waals surface area contributed by atoms with E-state index in [1.165, 1.54) is 6.08 Å². The molecule has 1 atom stereocenters. The average Bonchev–Trinajstić information content (AvgIpc) is 3.61. The van der Waals surface area contributed by atoms with Crippen molar-refractivity contribution in [2.24, 2.45) is 0 Å². The van der Waals surface area contributed by atoms with Crippen LogP contribution in [0.25, 0.3) is 6.08 Å². The molecule has 1 heterocycles. The van der Waals surface area contributed by atoms with Crippen LogP contribution < -0.4 is 15.0 Å². The van der Waals surface area contributed by atoms with Gasteiger partial charge in [-0.2, -0.15) is 0 Å². The van der Waals surface area contributed by atoms with Gasteiger partial charge >= 0.3 is 5.97 Å². The topological polar surface area (TPSA) is 109 Å². The van der Waals surface area contributed by atoms with Gasteiger partial charge in [-0.15, -0.1) is 0 Å². The van der Waals surface area contributed by atoms with Gasteiger partial charge in [0.2, 0.25) is 0 Å². The van der Waals surface area contributed by atoms with E-state index in [0.29, 0.717) is 29.1 Å². The first kappa shape index (κ1) is 30.6. The van der Waals surface area contributed by atoms with Crippen LogP contribution in [-0.2, 0) is 16.0 Å². The van der Waals surface area contributed by atoms with Crippen LogP contribution in [0.3, 0.4) is 0 Å². The molecule has 0 spiro atoms. The van der Waals surface area contributed by atoms with E-state index in [9.17, 15) is 19.5 Å². The number of nitrogens with one attached hydrogen (secondary N) is 1. The number of nitrogens with zero attached hydrogens (tertiary/aromatic N) is 1. The summed E-state index contributed by atoms with van der Waals surface area (Å²) in [5.41, 5.74) is 3.70. The predicted molar refractivity (Wildman–Crippen MR) is 174 cm³/mol. The number of aliphatic carboxylic acids is 1. The van der Waals surface area contributed by atoms with Crippen molar-refractivity contribution in [3.63, 3.8) is 0 Å². The van der Waals surface area contributed by atoms with E-state index >= 15 is 0 Å². The number of ether oxygens (including phenoxy) is 1. The molecule has 0 aliphatic rings. The lowest BCUT2D eigenvalue weighted by molar-refractivity contribution is -0.137. The second-order valence-corrected chi connectivity index (χ2v) is 10.2. The molecule has 226 valence electrons. The third kappa shape index (κ3) is 8.36. The quantitative estimate of drug-likeness (QED) is 0.107. The molecule has 5 aromatic rings. The van der Waals surface area contributed by atoms with Crippen LogP contribution in [0.4, 0.5) is 11.4 Å². The highest BCUT2D eigenvalue weighted by Crippen LogP contribution is 2.22. The Morgan fingerprint density at radius 1 is 0.844 bits per heavy atom. The van der Waals surface area contributed by atoms with Crippen LogP contribution in [0.5, 0.6) is 5.75 Å². The van der Waals surface area contributed by atoms with Gasteiger partial charge in [-0.3, -0.25) is 9.59 Å². The number of amides is 1. The van der Waals surface area contributed by atoms with E-state index in [4.69, 9.17) is 9.15 Å². The third-order valence-corrected chi connectivity index (χ3v) is 7.08. The summed E-state index contributed by atoms with van der Waals surface area (Å²) in [6.45, 7) is 0.553. The number of carbonyl (C=O) groups is 3. The van der Waals surface area contributed by atoms with Crippen LogP contribution in [0.1, 0.15) is 27.0 Å². The van der Waals surface area contributed by atoms with E-state index in [0.717, 1.165) is 16.8 Å². The summed E-state index contributed by atoms with van der Waals surface area (Å²) in [6.07, 6.45) is 6.48. The van der Waals surface area contributed by atoms with Crippen LogP contribution in [0.15, 0.2) is 138 Å². The van der Waals surface area contributed by atoms with Crippen molar-refractivity contribution in [1.82, 2.24) is 0 Å². The van der Waals surface area contributed by atoms with Gasteiger partial charge in [-0.1, -0.05) is 72.8 Å². The average molecular weight is 601 g/mol. The van der Waals surface area contributed by atoms with Crippen LogP contribution >= 0.6 is 0 Å². The molecule has 5 rings (SSSR count). The monoisotopic (exact) mass is 600 g/mol. The minimum Gasteiger partial charge on any atom is -0.492 e. The summed E-state index contributed by atoms with van der Waals surface area (Å²) >= 11 is 0. The fourth-order valence-electron chi connectivity index (χ4n) is 4.75. The highest BCUT2D eigenvalue weighted by atomic mass is 16.5. The number of rotatable bonds is 14. The molecule has 2 N–H and O–H groups in total. The second-order valence-electron chi connectivity index (χ2n) is 10.2. The minimum absolute atomic E-state index is 0.183. The molecule has 8 heteroatoms. The minimum atomic E-state index is -1.04. The van der Waals surface area contributed by atoms with Crippen molar-refractivity contribution in [1.29, 1.82) is 0 Å². The van der Waals surface area contributed by atoms with Gasteiger partial charge in [-0.05, 0) is 54.1 Å². The van der Waals surface area contributed by atoms with E-state index < -0.39 is 12.0 Å². The van der Waals surface area contributed by atoms with Crippen molar-refractivity contribution in [2.75, 3.05) is 23.4 Å². The van der Waals surface area contributed by atoms with Gasteiger partial charge in [0.05, 0.1) is 19.1 Å². The number of carbonyl (C=O) groups excluding carboxylic acids is 2. The molecular weight excluding hydrogens is 568 g/mol. The number of ketones is 1. The Hall–Kier alpha value is -5.89. The molecule has 1 amide bonds. The first-order chi connectivity index (χ1) is 22.0. The van der Waals surface area contributed by atoms with E-state index in [-0.39, 0.29) is 24.7 Å². The maximum atomic E-state index is 13.1. The molecule has 45 heavy (non-hydrogen) atoms. The number of hydrogen-bond acceptors (Lipinski definition) is 6. The molecule has 1 aromatic heterocycles. The normalized spacial score (nSPS) is 11.6. The number of hydrogen-bond donors (Lipinski definition) is 2. The number of benzene rings is 4. The molecule has 0 bridgehead atoms. The number of carboxylic acids is 1. The fourth-order valence-corrected chi connectivity index (χ4v) is 4.75. The Balaban J connectivity index is 1.20. The standard InChI is InChI=1S/C37H32N2O6/c40-35(20-17-28-21-23-44-26-28)39(30-11-5-2-6-12-30)22-24-45-31-18-15-27(16-19-31)25-34(37(42)43)38-33-14-8-7-13-32(33)36(41)29-9-3-1-4-10-29/h1-21,23,26,34,38H,22,24-25H2,(H,42,43)/b20-17+/t34-/m0/s1. The number of anilines is 2. The van der Waals surface area contributed by atoms with Gasteiger partial charge in [0.25, 0.3) is 5.91 Å². The summed E-state index contributed by atoms with van der Waals surface area (Å²) < 4.78 is 11.0. The molecule has 0 fully saturated rings. The van der Waals surface area contributed by atoms with Crippen molar-refractivity contribution >= 4 is 35.1 Å². The van der Waals surface area contributed by atoms with E-state index in [1.54, 1.807) is 90.2 Å². The second kappa shape index (κ2) is 15.0. The van der Waals surface area contributed by atoms with Crippen molar-refractivity contribution < 1.29 is 28.6 Å². The van der Waals surface area contributed by atoms with E-state index in [2.05, 4.69) is 5.32 Å². The first-order valence-electron chi connectivity index (χ1n) is 14.4. The summed E-state index contributed by atoms with van der Waals surface area (Å²) in [6, 6.07) is 33.1. The van der Waals surface area contributed by atoms with Crippen LogP contribution in [-0.4, -0.2) is 42.0 Å². The number of furan rings is 1.